The normalized spacial score (nSPS) is 10.9. The molecule has 0 bridgehead atoms. The standard InChI is InChI=1S/C25H23FN2O2S/c1-2-3-15-30-21-12-9-19(10-13-21)24(29)28(17-18-7-5-4-6-8-18)25-27-22-14-11-20(26)16-23(22)31-25/h4-14,16H,2-3,15,17H2,1H3. The smallest absolute Gasteiger partial charge is 0.260 e. The van der Waals surface area contributed by atoms with Crippen LogP contribution in [0, 0.1) is 5.82 Å². The summed E-state index contributed by atoms with van der Waals surface area (Å²) in [5, 5.41) is 0.540. The summed E-state index contributed by atoms with van der Waals surface area (Å²) >= 11 is 1.31. The molecule has 1 heterocycles. The van der Waals surface area contributed by atoms with Gasteiger partial charge in [0.05, 0.1) is 23.4 Å². The summed E-state index contributed by atoms with van der Waals surface area (Å²) in [4.78, 5) is 19.7. The van der Waals surface area contributed by atoms with Crippen molar-refractivity contribution < 1.29 is 13.9 Å². The minimum Gasteiger partial charge on any atom is -0.494 e. The van der Waals surface area contributed by atoms with Gasteiger partial charge < -0.3 is 4.74 Å². The van der Waals surface area contributed by atoms with Crippen LogP contribution in [0.1, 0.15) is 35.7 Å². The maximum Gasteiger partial charge on any atom is 0.260 e. The van der Waals surface area contributed by atoms with Gasteiger partial charge in [-0.2, -0.15) is 0 Å². The van der Waals surface area contributed by atoms with Gasteiger partial charge in [-0.3, -0.25) is 9.69 Å². The molecule has 0 unspecified atom stereocenters. The van der Waals surface area contributed by atoms with E-state index in [0.29, 0.717) is 34.1 Å². The molecule has 4 aromatic rings. The lowest BCUT2D eigenvalue weighted by atomic mass is 10.1. The third kappa shape index (κ3) is 5.09. The van der Waals surface area contributed by atoms with Crippen molar-refractivity contribution in [2.45, 2.75) is 26.3 Å². The predicted octanol–water partition coefficient (Wildman–Crippen LogP) is 6.46. The summed E-state index contributed by atoms with van der Waals surface area (Å²) in [5.41, 5.74) is 2.21. The highest BCUT2D eigenvalue weighted by Gasteiger charge is 2.22. The highest BCUT2D eigenvalue weighted by atomic mass is 32.1. The van der Waals surface area contributed by atoms with E-state index in [0.717, 1.165) is 24.2 Å². The Morgan fingerprint density at radius 1 is 1.06 bits per heavy atom. The van der Waals surface area contributed by atoms with Gasteiger partial charge in [0, 0.05) is 5.56 Å². The Morgan fingerprint density at radius 2 is 1.84 bits per heavy atom. The van der Waals surface area contributed by atoms with Crippen molar-refractivity contribution in [2.24, 2.45) is 0 Å². The van der Waals surface area contributed by atoms with Crippen LogP contribution < -0.4 is 9.64 Å². The van der Waals surface area contributed by atoms with E-state index in [9.17, 15) is 9.18 Å². The number of benzene rings is 3. The number of aromatic nitrogens is 1. The van der Waals surface area contributed by atoms with Gasteiger partial charge in [-0.15, -0.1) is 0 Å². The molecule has 1 aromatic heterocycles. The second-order valence-electron chi connectivity index (χ2n) is 7.21. The van der Waals surface area contributed by atoms with E-state index in [2.05, 4.69) is 11.9 Å². The molecule has 0 aliphatic rings. The second-order valence-corrected chi connectivity index (χ2v) is 8.22. The Labute approximate surface area is 184 Å². The van der Waals surface area contributed by atoms with E-state index in [4.69, 9.17) is 4.74 Å². The minimum atomic E-state index is -0.317. The Bertz CT molecular complexity index is 1160. The van der Waals surface area contributed by atoms with Crippen molar-refractivity contribution >= 4 is 32.6 Å². The summed E-state index contributed by atoms with van der Waals surface area (Å²) < 4.78 is 20.1. The Balaban J connectivity index is 1.63. The molecule has 0 spiro atoms. The Morgan fingerprint density at radius 3 is 2.58 bits per heavy atom. The summed E-state index contributed by atoms with van der Waals surface area (Å²) in [6.07, 6.45) is 2.06. The van der Waals surface area contributed by atoms with Crippen molar-refractivity contribution in [3.63, 3.8) is 0 Å². The molecule has 0 aliphatic heterocycles. The van der Waals surface area contributed by atoms with Crippen LogP contribution in [0.25, 0.3) is 10.2 Å². The fraction of sp³-hybridized carbons (Fsp3) is 0.200. The highest BCUT2D eigenvalue weighted by molar-refractivity contribution is 7.22. The monoisotopic (exact) mass is 434 g/mol. The molecule has 0 N–H and O–H groups in total. The van der Waals surface area contributed by atoms with Gasteiger partial charge in [-0.1, -0.05) is 55.0 Å². The number of rotatable bonds is 8. The van der Waals surface area contributed by atoms with Crippen molar-refractivity contribution in [3.05, 3.63) is 89.7 Å². The van der Waals surface area contributed by atoms with Crippen LogP contribution in [0.2, 0.25) is 0 Å². The zero-order chi connectivity index (χ0) is 21.6. The van der Waals surface area contributed by atoms with E-state index >= 15 is 0 Å². The number of ether oxygens (including phenoxy) is 1. The van der Waals surface area contributed by atoms with Crippen LogP contribution >= 0.6 is 11.3 Å². The average Bonchev–Trinajstić information content (AvgIpc) is 3.21. The molecule has 4 rings (SSSR count). The van der Waals surface area contributed by atoms with Gasteiger partial charge in [0.15, 0.2) is 5.13 Å². The fourth-order valence-corrected chi connectivity index (χ4v) is 4.17. The zero-order valence-corrected chi connectivity index (χ0v) is 18.1. The molecule has 0 saturated heterocycles. The van der Waals surface area contributed by atoms with E-state index in [1.807, 2.05) is 42.5 Å². The maximum atomic E-state index is 13.7. The van der Waals surface area contributed by atoms with Crippen LogP contribution in [0.3, 0.4) is 0 Å². The topological polar surface area (TPSA) is 42.4 Å². The first kappa shape index (κ1) is 21.0. The number of thiazole rings is 1. The van der Waals surface area contributed by atoms with Crippen molar-refractivity contribution in [1.29, 1.82) is 0 Å². The molecule has 0 radical (unpaired) electrons. The predicted molar refractivity (Wildman–Crippen MR) is 123 cm³/mol. The van der Waals surface area contributed by atoms with Gasteiger partial charge in [0.2, 0.25) is 0 Å². The number of amides is 1. The van der Waals surface area contributed by atoms with E-state index in [1.54, 1.807) is 23.1 Å². The molecule has 0 fully saturated rings. The maximum absolute atomic E-state index is 13.7. The molecule has 31 heavy (non-hydrogen) atoms. The van der Waals surface area contributed by atoms with Gasteiger partial charge in [0.25, 0.3) is 5.91 Å². The summed E-state index contributed by atoms with van der Waals surface area (Å²) in [6, 6.07) is 21.4. The number of hydrogen-bond donors (Lipinski definition) is 0. The van der Waals surface area contributed by atoms with Crippen LogP contribution in [-0.2, 0) is 6.54 Å². The van der Waals surface area contributed by atoms with Gasteiger partial charge in [0.1, 0.15) is 11.6 Å². The number of halogens is 1. The fourth-order valence-electron chi connectivity index (χ4n) is 3.18. The molecule has 4 nitrogen and oxygen atoms in total. The van der Waals surface area contributed by atoms with Crippen LogP contribution in [-0.4, -0.2) is 17.5 Å². The third-order valence-corrected chi connectivity index (χ3v) is 5.91. The first-order valence-electron chi connectivity index (χ1n) is 10.3. The van der Waals surface area contributed by atoms with E-state index in [-0.39, 0.29) is 11.7 Å². The van der Waals surface area contributed by atoms with Crippen LogP contribution in [0.15, 0.2) is 72.8 Å². The van der Waals surface area contributed by atoms with Gasteiger partial charge in [-0.25, -0.2) is 9.37 Å². The molecule has 158 valence electrons. The zero-order valence-electron chi connectivity index (χ0n) is 17.3. The van der Waals surface area contributed by atoms with Crippen molar-refractivity contribution in [1.82, 2.24) is 4.98 Å². The quantitative estimate of drug-likeness (QED) is 0.299. The number of anilines is 1. The van der Waals surface area contributed by atoms with E-state index < -0.39 is 0 Å². The average molecular weight is 435 g/mol. The molecule has 3 aromatic carbocycles. The Hall–Kier alpha value is -3.25. The van der Waals surface area contributed by atoms with Crippen LogP contribution in [0.5, 0.6) is 5.75 Å². The van der Waals surface area contributed by atoms with Crippen molar-refractivity contribution in [3.8, 4) is 5.75 Å². The molecule has 0 saturated carbocycles. The lowest BCUT2D eigenvalue weighted by Gasteiger charge is -2.20. The number of fused-ring (bicyclic) bond motifs is 1. The molecule has 0 atom stereocenters. The van der Waals surface area contributed by atoms with Gasteiger partial charge >= 0.3 is 0 Å². The largest absolute Gasteiger partial charge is 0.494 e. The summed E-state index contributed by atoms with van der Waals surface area (Å²) in [7, 11) is 0. The molecule has 0 aliphatic carbocycles. The summed E-state index contributed by atoms with van der Waals surface area (Å²) in [5.74, 6) is 0.265. The SMILES string of the molecule is CCCCOc1ccc(C(=O)N(Cc2ccccc2)c2nc3ccc(F)cc3s2)cc1. The number of carbonyl (C=O) groups is 1. The Kier molecular flexibility index (Phi) is 6.57. The second kappa shape index (κ2) is 9.71. The number of carbonyl (C=O) groups excluding carboxylic acids is 1. The minimum absolute atomic E-state index is 0.163. The molecule has 6 heteroatoms. The molecule has 1 amide bonds. The summed E-state index contributed by atoms with van der Waals surface area (Å²) in [6.45, 7) is 3.14. The van der Waals surface area contributed by atoms with Gasteiger partial charge in [-0.05, 0) is 54.4 Å². The van der Waals surface area contributed by atoms with E-state index in [1.165, 1.54) is 23.5 Å². The first-order chi connectivity index (χ1) is 15.1. The number of hydrogen-bond acceptors (Lipinski definition) is 4. The molecular formula is C25H23FN2O2S. The number of nitrogens with zero attached hydrogens (tertiary/aromatic N) is 2. The van der Waals surface area contributed by atoms with Crippen LogP contribution in [0.4, 0.5) is 9.52 Å². The first-order valence-corrected chi connectivity index (χ1v) is 11.1. The van der Waals surface area contributed by atoms with Crippen molar-refractivity contribution in [2.75, 3.05) is 11.5 Å². The highest BCUT2D eigenvalue weighted by Crippen LogP contribution is 2.31. The lowest BCUT2D eigenvalue weighted by molar-refractivity contribution is 0.0985. The lowest BCUT2D eigenvalue weighted by Crippen LogP contribution is -2.30. The molecular weight excluding hydrogens is 411 g/mol. The third-order valence-electron chi connectivity index (χ3n) is 4.87. The number of unbranched alkanes of at least 4 members (excludes halogenated alkanes) is 1.